The minimum Gasteiger partial charge on any atom is -0.462 e. The number of rotatable bonds is 7. The third-order valence-electron chi connectivity index (χ3n) is 5.59. The van der Waals surface area contributed by atoms with E-state index < -0.39 is 0 Å². The lowest BCUT2D eigenvalue weighted by Gasteiger charge is -2.21. The summed E-state index contributed by atoms with van der Waals surface area (Å²) in [6.45, 7) is 6.36. The summed E-state index contributed by atoms with van der Waals surface area (Å²) in [6.07, 6.45) is 4.79. The zero-order valence-corrected chi connectivity index (χ0v) is 17.7. The van der Waals surface area contributed by atoms with Crippen molar-refractivity contribution in [1.29, 1.82) is 0 Å². The molecule has 2 atom stereocenters. The Morgan fingerprint density at radius 1 is 1.21 bits per heavy atom. The van der Waals surface area contributed by atoms with Crippen molar-refractivity contribution in [3.8, 4) is 0 Å². The number of benzene rings is 1. The van der Waals surface area contributed by atoms with Gasteiger partial charge in [0.05, 0.1) is 18.1 Å². The summed E-state index contributed by atoms with van der Waals surface area (Å²) in [4.78, 5) is 27.0. The first kappa shape index (κ1) is 20.6. The predicted octanol–water partition coefficient (Wildman–Crippen LogP) is 5.57. The normalized spacial score (nSPS) is 16.9. The fourth-order valence-electron chi connectivity index (χ4n) is 3.97. The lowest BCUT2D eigenvalue weighted by atomic mass is 9.85. The molecule has 0 bridgehead atoms. The number of carbonyl (C=O) groups is 2. The number of fused-ring (bicyclic) bond motifs is 1. The first-order valence-corrected chi connectivity index (χ1v) is 11.1. The fourth-order valence-corrected chi connectivity index (χ4v) is 5.32. The molecule has 5 heteroatoms. The number of anilines is 1. The van der Waals surface area contributed by atoms with Crippen molar-refractivity contribution in [3.63, 3.8) is 0 Å². The van der Waals surface area contributed by atoms with Crippen LogP contribution in [0.25, 0.3) is 0 Å². The zero-order chi connectivity index (χ0) is 20.1. The number of thiophene rings is 1. The highest BCUT2D eigenvalue weighted by atomic mass is 32.1. The molecule has 0 radical (unpaired) electrons. The van der Waals surface area contributed by atoms with Crippen LogP contribution in [0.15, 0.2) is 30.3 Å². The smallest absolute Gasteiger partial charge is 0.341 e. The van der Waals surface area contributed by atoms with E-state index in [-0.39, 0.29) is 17.8 Å². The van der Waals surface area contributed by atoms with E-state index in [4.69, 9.17) is 4.74 Å². The lowest BCUT2D eigenvalue weighted by molar-refractivity contribution is -0.117. The van der Waals surface area contributed by atoms with Crippen molar-refractivity contribution >= 4 is 28.2 Å². The predicted molar refractivity (Wildman–Crippen MR) is 114 cm³/mol. The molecule has 0 unspecified atom stereocenters. The Kier molecular flexibility index (Phi) is 6.89. The van der Waals surface area contributed by atoms with E-state index in [9.17, 15) is 9.59 Å². The molecule has 1 aliphatic rings. The van der Waals surface area contributed by atoms with Crippen molar-refractivity contribution in [2.24, 2.45) is 5.92 Å². The maximum atomic E-state index is 13.1. The number of hydrogen-bond donors (Lipinski definition) is 1. The molecule has 3 rings (SSSR count). The Labute approximate surface area is 171 Å². The number of nitrogens with one attached hydrogen (secondary N) is 1. The molecule has 0 saturated carbocycles. The highest BCUT2D eigenvalue weighted by Crippen LogP contribution is 2.41. The molecule has 0 spiro atoms. The molecule has 0 saturated heterocycles. The molecule has 150 valence electrons. The third-order valence-corrected chi connectivity index (χ3v) is 6.76. The molecule has 4 nitrogen and oxygen atoms in total. The Morgan fingerprint density at radius 3 is 2.61 bits per heavy atom. The second-order valence-corrected chi connectivity index (χ2v) is 8.41. The van der Waals surface area contributed by atoms with Crippen LogP contribution in [-0.2, 0) is 22.4 Å². The van der Waals surface area contributed by atoms with Gasteiger partial charge in [-0.1, -0.05) is 50.6 Å². The topological polar surface area (TPSA) is 55.4 Å². The van der Waals surface area contributed by atoms with Gasteiger partial charge in [-0.05, 0) is 49.7 Å². The molecular formula is C23H29NO3S. The van der Waals surface area contributed by atoms with Crippen LogP contribution in [0.5, 0.6) is 0 Å². The molecule has 1 N–H and O–H groups in total. The minimum atomic E-state index is -0.321. The quantitative estimate of drug-likeness (QED) is 0.619. The molecule has 2 aromatic rings. The Hall–Kier alpha value is -2.14. The third kappa shape index (κ3) is 4.30. The van der Waals surface area contributed by atoms with Crippen molar-refractivity contribution in [3.05, 3.63) is 51.9 Å². The van der Waals surface area contributed by atoms with E-state index in [1.54, 1.807) is 11.3 Å². The van der Waals surface area contributed by atoms with Gasteiger partial charge in [0.2, 0.25) is 5.91 Å². The summed E-state index contributed by atoms with van der Waals surface area (Å²) >= 11 is 1.55. The van der Waals surface area contributed by atoms with Gasteiger partial charge in [-0.3, -0.25) is 4.79 Å². The first-order chi connectivity index (χ1) is 13.6. The van der Waals surface area contributed by atoms with Crippen LogP contribution in [0.4, 0.5) is 5.00 Å². The van der Waals surface area contributed by atoms with Crippen molar-refractivity contribution in [2.75, 3.05) is 11.9 Å². The number of carbonyl (C=O) groups excluding carboxylic acids is 2. The van der Waals surface area contributed by atoms with Crippen LogP contribution in [0.1, 0.15) is 72.3 Å². The number of ether oxygens (including phenoxy) is 1. The Morgan fingerprint density at radius 2 is 1.96 bits per heavy atom. The highest BCUT2D eigenvalue weighted by Gasteiger charge is 2.31. The SMILES string of the molecule is CCOC(=O)c1c(NC(=O)[C@H](CC)c2ccccc2)sc2c1CC[C@@H](CC)C2. The first-order valence-electron chi connectivity index (χ1n) is 10.3. The monoisotopic (exact) mass is 399 g/mol. The van der Waals surface area contributed by atoms with Gasteiger partial charge in [0.25, 0.3) is 0 Å². The summed E-state index contributed by atoms with van der Waals surface area (Å²) in [5.74, 6) is 0.0270. The highest BCUT2D eigenvalue weighted by molar-refractivity contribution is 7.17. The van der Waals surface area contributed by atoms with Crippen molar-refractivity contribution in [2.45, 2.75) is 58.8 Å². The summed E-state index contributed by atoms with van der Waals surface area (Å²) in [6, 6.07) is 9.80. The van der Waals surface area contributed by atoms with Gasteiger partial charge in [-0.2, -0.15) is 0 Å². The van der Waals surface area contributed by atoms with E-state index in [0.29, 0.717) is 29.5 Å². The number of esters is 1. The molecule has 1 aliphatic carbocycles. The summed E-state index contributed by atoms with van der Waals surface area (Å²) in [5.41, 5.74) is 2.65. The average molecular weight is 400 g/mol. The van der Waals surface area contributed by atoms with E-state index in [0.717, 1.165) is 36.8 Å². The van der Waals surface area contributed by atoms with Gasteiger partial charge >= 0.3 is 5.97 Å². The molecule has 28 heavy (non-hydrogen) atoms. The molecule has 0 aliphatic heterocycles. The standard InChI is InChI=1S/C23H29NO3S/c1-4-15-12-13-18-19(14-15)28-22(20(18)23(26)27-6-3)24-21(25)17(5-2)16-10-8-7-9-11-16/h7-11,15,17H,4-6,12-14H2,1-3H3,(H,24,25)/t15-,17-/m1/s1. The van der Waals surface area contributed by atoms with Gasteiger partial charge < -0.3 is 10.1 Å². The zero-order valence-electron chi connectivity index (χ0n) is 16.9. The van der Waals surface area contributed by atoms with Crippen LogP contribution < -0.4 is 5.32 Å². The summed E-state index contributed by atoms with van der Waals surface area (Å²) < 4.78 is 5.32. The van der Waals surface area contributed by atoms with Gasteiger partial charge in [0.1, 0.15) is 5.00 Å². The van der Waals surface area contributed by atoms with Gasteiger partial charge in [0, 0.05) is 4.88 Å². The maximum Gasteiger partial charge on any atom is 0.341 e. The number of hydrogen-bond acceptors (Lipinski definition) is 4. The largest absolute Gasteiger partial charge is 0.462 e. The average Bonchev–Trinajstić information content (AvgIpc) is 3.06. The molecule has 1 amide bonds. The van der Waals surface area contributed by atoms with E-state index in [1.165, 1.54) is 4.88 Å². The van der Waals surface area contributed by atoms with Crippen LogP contribution in [0.3, 0.4) is 0 Å². The number of amides is 1. The van der Waals surface area contributed by atoms with Crippen molar-refractivity contribution in [1.82, 2.24) is 0 Å². The Bertz CT molecular complexity index is 828. The fraction of sp³-hybridized carbons (Fsp3) is 0.478. The lowest BCUT2D eigenvalue weighted by Crippen LogP contribution is -2.22. The minimum absolute atomic E-state index is 0.0649. The molecule has 1 aromatic heterocycles. The van der Waals surface area contributed by atoms with Gasteiger partial charge in [-0.15, -0.1) is 11.3 Å². The maximum absolute atomic E-state index is 13.1. The van der Waals surface area contributed by atoms with Crippen LogP contribution in [0, 0.1) is 5.92 Å². The molecular weight excluding hydrogens is 370 g/mol. The van der Waals surface area contributed by atoms with Crippen molar-refractivity contribution < 1.29 is 14.3 Å². The molecule has 1 aromatic carbocycles. The molecule has 0 fully saturated rings. The summed E-state index contributed by atoms with van der Waals surface area (Å²) in [5, 5.41) is 3.72. The van der Waals surface area contributed by atoms with Gasteiger partial charge in [-0.25, -0.2) is 4.79 Å². The van der Waals surface area contributed by atoms with Crippen LogP contribution >= 0.6 is 11.3 Å². The van der Waals surface area contributed by atoms with Crippen LogP contribution in [-0.4, -0.2) is 18.5 Å². The van der Waals surface area contributed by atoms with E-state index in [1.807, 2.05) is 44.2 Å². The second-order valence-electron chi connectivity index (χ2n) is 7.31. The Balaban J connectivity index is 1.91. The van der Waals surface area contributed by atoms with E-state index in [2.05, 4.69) is 12.2 Å². The second kappa shape index (κ2) is 9.37. The van der Waals surface area contributed by atoms with Crippen LogP contribution in [0.2, 0.25) is 0 Å². The summed E-state index contributed by atoms with van der Waals surface area (Å²) in [7, 11) is 0. The van der Waals surface area contributed by atoms with Gasteiger partial charge in [0.15, 0.2) is 0 Å². The van der Waals surface area contributed by atoms with E-state index >= 15 is 0 Å². The molecule has 1 heterocycles.